The normalized spacial score (nSPS) is 10.1. The number of hydrogen-bond acceptors (Lipinski definition) is 5. The molecule has 2 aromatic rings. The van der Waals surface area contributed by atoms with Gasteiger partial charge >= 0.3 is 5.97 Å². The van der Waals surface area contributed by atoms with Crippen LogP contribution in [0, 0.1) is 0 Å². The van der Waals surface area contributed by atoms with Gasteiger partial charge in [0.25, 0.3) is 0 Å². The average molecular weight is 300 g/mol. The average Bonchev–Trinajstić information content (AvgIpc) is 2.53. The van der Waals surface area contributed by atoms with Crippen LogP contribution in [0.3, 0.4) is 0 Å². The summed E-state index contributed by atoms with van der Waals surface area (Å²) in [5.41, 5.74) is 2.75. The maximum Gasteiger partial charge on any atom is 0.356 e. The number of nitrogens with one attached hydrogen (secondary N) is 1. The molecule has 1 heterocycles. The molecule has 2 N–H and O–H groups in total. The number of carbonyl (C=O) groups is 2. The van der Waals surface area contributed by atoms with Gasteiger partial charge in [-0.05, 0) is 35.4 Å². The zero-order valence-electron chi connectivity index (χ0n) is 12.3. The van der Waals surface area contributed by atoms with Crippen molar-refractivity contribution in [2.75, 3.05) is 12.4 Å². The molecule has 0 saturated heterocycles. The van der Waals surface area contributed by atoms with E-state index in [-0.39, 0.29) is 18.2 Å². The third kappa shape index (κ3) is 3.67. The molecule has 0 aliphatic heterocycles. The molecular weight excluding hydrogens is 284 g/mol. The van der Waals surface area contributed by atoms with E-state index in [9.17, 15) is 14.7 Å². The Bertz CT molecular complexity index is 696. The van der Waals surface area contributed by atoms with Crippen LogP contribution >= 0.6 is 0 Å². The molecular formula is C16H16N2O4. The van der Waals surface area contributed by atoms with E-state index in [1.54, 1.807) is 24.3 Å². The van der Waals surface area contributed by atoms with Gasteiger partial charge in [0.2, 0.25) is 5.91 Å². The van der Waals surface area contributed by atoms with E-state index in [4.69, 9.17) is 0 Å². The van der Waals surface area contributed by atoms with E-state index < -0.39 is 5.97 Å². The predicted molar refractivity (Wildman–Crippen MR) is 81.2 cm³/mol. The third-order valence-corrected chi connectivity index (χ3v) is 2.97. The van der Waals surface area contributed by atoms with Gasteiger partial charge in [-0.2, -0.15) is 0 Å². The minimum atomic E-state index is -0.564. The van der Waals surface area contributed by atoms with Gasteiger partial charge in [-0.15, -0.1) is 0 Å². The number of nitrogens with zero attached hydrogens (tertiary/aromatic N) is 1. The second-order valence-corrected chi connectivity index (χ2v) is 4.64. The fourth-order valence-electron chi connectivity index (χ4n) is 1.99. The summed E-state index contributed by atoms with van der Waals surface area (Å²) in [6.07, 6.45) is 0. The van der Waals surface area contributed by atoms with Gasteiger partial charge < -0.3 is 15.2 Å². The minimum absolute atomic E-state index is 0.134. The van der Waals surface area contributed by atoms with Gasteiger partial charge in [-0.3, -0.25) is 4.79 Å². The quantitative estimate of drug-likeness (QED) is 0.843. The summed E-state index contributed by atoms with van der Waals surface area (Å²) >= 11 is 0. The fourth-order valence-corrected chi connectivity index (χ4v) is 1.99. The van der Waals surface area contributed by atoms with Crippen molar-refractivity contribution >= 4 is 17.6 Å². The molecule has 0 aliphatic carbocycles. The van der Waals surface area contributed by atoms with Crippen molar-refractivity contribution < 1.29 is 19.4 Å². The maximum absolute atomic E-state index is 11.6. The largest absolute Gasteiger partial charge is 0.464 e. The summed E-state index contributed by atoms with van der Waals surface area (Å²) in [7, 11) is 1.28. The number of methoxy groups -OCH3 is 1. The smallest absolute Gasteiger partial charge is 0.356 e. The van der Waals surface area contributed by atoms with Gasteiger partial charge in [0.15, 0.2) is 0 Å². The lowest BCUT2D eigenvalue weighted by Crippen LogP contribution is -2.07. The molecule has 0 bridgehead atoms. The number of esters is 1. The molecule has 1 amide bonds. The lowest BCUT2D eigenvalue weighted by Gasteiger charge is -2.08. The number of hydrogen-bond donors (Lipinski definition) is 2. The molecule has 0 radical (unpaired) electrons. The van der Waals surface area contributed by atoms with Crippen LogP contribution in [0.4, 0.5) is 5.69 Å². The van der Waals surface area contributed by atoms with Crippen molar-refractivity contribution in [1.29, 1.82) is 0 Å². The van der Waals surface area contributed by atoms with Gasteiger partial charge in [-0.25, -0.2) is 9.78 Å². The van der Waals surface area contributed by atoms with E-state index in [2.05, 4.69) is 15.0 Å². The van der Waals surface area contributed by atoms with Gasteiger partial charge in [0, 0.05) is 12.6 Å². The Morgan fingerprint density at radius 2 is 1.86 bits per heavy atom. The number of pyridine rings is 1. The summed E-state index contributed by atoms with van der Waals surface area (Å²) in [6.45, 7) is 1.16. The number of ether oxygens (including phenoxy) is 1. The Labute approximate surface area is 127 Å². The number of aromatic nitrogens is 1. The highest BCUT2D eigenvalue weighted by Crippen LogP contribution is 2.23. The van der Waals surface area contributed by atoms with Gasteiger partial charge in [0.05, 0.1) is 19.4 Å². The molecule has 22 heavy (non-hydrogen) atoms. The molecule has 1 aromatic heterocycles. The van der Waals surface area contributed by atoms with Crippen molar-refractivity contribution in [2.45, 2.75) is 13.5 Å². The summed E-state index contributed by atoms with van der Waals surface area (Å²) in [5.74, 6) is -0.710. The Morgan fingerprint density at radius 3 is 2.41 bits per heavy atom. The summed E-state index contributed by atoms with van der Waals surface area (Å²) < 4.78 is 4.66. The number of carbonyl (C=O) groups excluding carboxylic acids is 2. The van der Waals surface area contributed by atoms with Gasteiger partial charge in [-0.1, -0.05) is 12.1 Å². The molecule has 0 aliphatic rings. The van der Waals surface area contributed by atoms with Crippen LogP contribution in [0.1, 0.15) is 23.1 Å². The van der Waals surface area contributed by atoms with Crippen molar-refractivity contribution in [2.24, 2.45) is 0 Å². The van der Waals surface area contributed by atoms with E-state index in [0.717, 1.165) is 11.1 Å². The molecule has 1 aromatic carbocycles. The molecule has 2 rings (SSSR count). The molecule has 0 atom stereocenters. The number of aliphatic hydroxyl groups is 1. The first-order valence-electron chi connectivity index (χ1n) is 6.61. The summed E-state index contributed by atoms with van der Waals surface area (Å²) in [5, 5.41) is 11.9. The number of benzene rings is 1. The third-order valence-electron chi connectivity index (χ3n) is 2.97. The summed E-state index contributed by atoms with van der Waals surface area (Å²) in [4.78, 5) is 26.7. The summed E-state index contributed by atoms with van der Waals surface area (Å²) in [6, 6.07) is 10.4. The van der Waals surface area contributed by atoms with E-state index >= 15 is 0 Å². The number of aliphatic hydroxyl groups excluding tert-OH is 1. The van der Waals surface area contributed by atoms with Crippen LogP contribution in [0.5, 0.6) is 0 Å². The first kappa shape index (κ1) is 15.7. The zero-order chi connectivity index (χ0) is 16.1. The number of rotatable bonds is 4. The minimum Gasteiger partial charge on any atom is -0.464 e. The SMILES string of the molecule is COC(=O)c1cc(-c2ccc(NC(C)=O)cc2)cc(CO)n1. The Morgan fingerprint density at radius 1 is 1.18 bits per heavy atom. The van der Waals surface area contributed by atoms with E-state index in [1.165, 1.54) is 14.0 Å². The van der Waals surface area contributed by atoms with Crippen LogP contribution in [-0.2, 0) is 16.1 Å². The second kappa shape index (κ2) is 6.82. The Hall–Kier alpha value is -2.73. The number of amides is 1. The van der Waals surface area contributed by atoms with E-state index in [0.29, 0.717) is 11.4 Å². The van der Waals surface area contributed by atoms with Crippen LogP contribution in [0.2, 0.25) is 0 Å². The van der Waals surface area contributed by atoms with Crippen molar-refractivity contribution in [3.63, 3.8) is 0 Å². The van der Waals surface area contributed by atoms with Crippen LogP contribution in [0.25, 0.3) is 11.1 Å². The Balaban J connectivity index is 2.38. The van der Waals surface area contributed by atoms with Crippen LogP contribution in [0.15, 0.2) is 36.4 Å². The molecule has 0 saturated carbocycles. The highest BCUT2D eigenvalue weighted by molar-refractivity contribution is 5.90. The molecule has 114 valence electrons. The second-order valence-electron chi connectivity index (χ2n) is 4.64. The van der Waals surface area contributed by atoms with Crippen LogP contribution in [-0.4, -0.2) is 29.1 Å². The highest BCUT2D eigenvalue weighted by atomic mass is 16.5. The van der Waals surface area contributed by atoms with Crippen LogP contribution < -0.4 is 5.32 Å². The maximum atomic E-state index is 11.6. The van der Waals surface area contributed by atoms with Crippen molar-refractivity contribution in [3.05, 3.63) is 47.8 Å². The molecule has 6 nitrogen and oxygen atoms in total. The zero-order valence-corrected chi connectivity index (χ0v) is 12.3. The first-order chi connectivity index (χ1) is 10.5. The van der Waals surface area contributed by atoms with Crippen molar-refractivity contribution in [3.8, 4) is 11.1 Å². The molecule has 6 heteroatoms. The number of anilines is 1. The topological polar surface area (TPSA) is 88.5 Å². The highest BCUT2D eigenvalue weighted by Gasteiger charge is 2.11. The monoisotopic (exact) mass is 300 g/mol. The van der Waals surface area contributed by atoms with Gasteiger partial charge in [0.1, 0.15) is 5.69 Å². The van der Waals surface area contributed by atoms with E-state index in [1.807, 2.05) is 12.1 Å². The lowest BCUT2D eigenvalue weighted by molar-refractivity contribution is -0.114. The predicted octanol–water partition coefficient (Wildman–Crippen LogP) is 1.99. The Kier molecular flexibility index (Phi) is 4.85. The molecule has 0 unspecified atom stereocenters. The van der Waals surface area contributed by atoms with Crippen molar-refractivity contribution in [1.82, 2.24) is 4.98 Å². The molecule has 0 spiro atoms. The fraction of sp³-hybridized carbons (Fsp3) is 0.188. The first-order valence-corrected chi connectivity index (χ1v) is 6.61. The molecule has 0 fully saturated rings. The standard InChI is InChI=1S/C16H16N2O4/c1-10(20)17-13-5-3-11(4-6-13)12-7-14(9-19)18-15(8-12)16(21)22-2/h3-8,19H,9H2,1-2H3,(H,17,20). The lowest BCUT2D eigenvalue weighted by atomic mass is 10.0.